The third kappa shape index (κ3) is 5.62. The minimum Gasteiger partial charge on any atom is -0.326 e. The number of hydrogen-bond donors (Lipinski definition) is 1. The predicted octanol–water partition coefficient (Wildman–Crippen LogP) is 4.90. The summed E-state index contributed by atoms with van der Waals surface area (Å²) in [5.74, 6) is 0.985. The molecule has 1 aliphatic heterocycles. The van der Waals surface area contributed by atoms with Crippen LogP contribution in [0, 0.1) is 6.92 Å². The van der Waals surface area contributed by atoms with Gasteiger partial charge in [-0.05, 0) is 56.0 Å². The van der Waals surface area contributed by atoms with E-state index in [-0.39, 0.29) is 18.2 Å². The van der Waals surface area contributed by atoms with Crippen molar-refractivity contribution in [3.8, 4) is 0 Å². The van der Waals surface area contributed by atoms with Crippen molar-refractivity contribution >= 4 is 46.6 Å². The number of aryl methyl sites for hydroxylation is 3. The Kier molecular flexibility index (Phi) is 7.90. The lowest BCUT2D eigenvalue weighted by atomic mass is 10.0. The van der Waals surface area contributed by atoms with Crippen LogP contribution in [0.4, 0.5) is 11.4 Å². The highest BCUT2D eigenvalue weighted by atomic mass is 35.5. The third-order valence-electron chi connectivity index (χ3n) is 5.88. The number of hydrogen-bond acceptors (Lipinski definition) is 5. The fraction of sp³-hybridized carbons (Fsp3) is 0.360. The lowest BCUT2D eigenvalue weighted by molar-refractivity contribution is -0.117. The van der Waals surface area contributed by atoms with Crippen LogP contribution < -0.4 is 10.2 Å². The average molecular weight is 498 g/mol. The van der Waals surface area contributed by atoms with Crippen LogP contribution in [0.15, 0.2) is 47.6 Å². The van der Waals surface area contributed by atoms with Crippen LogP contribution in [0.3, 0.4) is 0 Å². The first-order chi connectivity index (χ1) is 16.5. The molecule has 0 spiro atoms. The van der Waals surface area contributed by atoms with Crippen LogP contribution in [0.5, 0.6) is 0 Å². The van der Waals surface area contributed by atoms with Gasteiger partial charge in [-0.3, -0.25) is 9.59 Å². The topological polar surface area (TPSA) is 80.1 Å². The molecule has 0 radical (unpaired) electrons. The first kappa shape index (κ1) is 24.3. The van der Waals surface area contributed by atoms with Crippen molar-refractivity contribution in [2.45, 2.75) is 51.2 Å². The van der Waals surface area contributed by atoms with Crippen LogP contribution in [0.2, 0.25) is 5.02 Å². The zero-order valence-corrected chi connectivity index (χ0v) is 21.0. The minimum absolute atomic E-state index is 0.0699. The Morgan fingerprint density at radius 2 is 2.00 bits per heavy atom. The van der Waals surface area contributed by atoms with Gasteiger partial charge in [-0.2, -0.15) is 0 Å². The highest BCUT2D eigenvalue weighted by Gasteiger charge is 2.23. The van der Waals surface area contributed by atoms with Gasteiger partial charge in [0.05, 0.1) is 5.75 Å². The normalized spacial score (nSPS) is 13.0. The summed E-state index contributed by atoms with van der Waals surface area (Å²) in [5.41, 5.74) is 3.87. The molecule has 0 saturated heterocycles. The van der Waals surface area contributed by atoms with Gasteiger partial charge in [0, 0.05) is 42.3 Å². The van der Waals surface area contributed by atoms with E-state index in [0.717, 1.165) is 36.5 Å². The lowest BCUT2D eigenvalue weighted by Gasteiger charge is -2.29. The highest BCUT2D eigenvalue weighted by Crippen LogP contribution is 2.28. The van der Waals surface area contributed by atoms with Crippen LogP contribution in [0.1, 0.15) is 36.7 Å². The SMILES string of the molecule is CCn1c(CCC(=O)Nc2ccc(C)c(Cl)c2)nnc1SCC(=O)N1CCCc2ccccc21. The van der Waals surface area contributed by atoms with E-state index in [0.29, 0.717) is 34.6 Å². The molecule has 3 aromatic rings. The molecule has 2 amide bonds. The second kappa shape index (κ2) is 11.1. The summed E-state index contributed by atoms with van der Waals surface area (Å²) in [6.07, 6.45) is 2.71. The van der Waals surface area contributed by atoms with Crippen molar-refractivity contribution in [1.29, 1.82) is 0 Å². The summed E-state index contributed by atoms with van der Waals surface area (Å²) in [6, 6.07) is 13.5. The number of benzene rings is 2. The predicted molar refractivity (Wildman–Crippen MR) is 137 cm³/mol. The average Bonchev–Trinajstić information content (AvgIpc) is 3.25. The van der Waals surface area contributed by atoms with Gasteiger partial charge in [0.2, 0.25) is 11.8 Å². The minimum atomic E-state index is -0.112. The number of nitrogens with one attached hydrogen (secondary N) is 1. The molecule has 4 rings (SSSR count). The van der Waals surface area contributed by atoms with Crippen LogP contribution >= 0.6 is 23.4 Å². The van der Waals surface area contributed by atoms with Gasteiger partial charge < -0.3 is 14.8 Å². The van der Waals surface area contributed by atoms with E-state index in [4.69, 9.17) is 11.6 Å². The maximum absolute atomic E-state index is 13.0. The van der Waals surface area contributed by atoms with E-state index in [1.54, 1.807) is 6.07 Å². The molecule has 0 fully saturated rings. The first-order valence-corrected chi connectivity index (χ1v) is 12.8. The molecule has 1 N–H and O–H groups in total. The molecule has 2 heterocycles. The van der Waals surface area contributed by atoms with E-state index in [2.05, 4.69) is 21.6 Å². The van der Waals surface area contributed by atoms with Gasteiger partial charge in [-0.15, -0.1) is 10.2 Å². The fourth-order valence-electron chi connectivity index (χ4n) is 4.04. The molecule has 1 aromatic heterocycles. The molecule has 0 saturated carbocycles. The van der Waals surface area contributed by atoms with Crippen LogP contribution in [0.25, 0.3) is 0 Å². The standard InChI is InChI=1S/C25H28ClN5O2S/c1-3-30-22(12-13-23(32)27-19-11-10-17(2)20(26)15-19)28-29-25(30)34-16-24(33)31-14-6-8-18-7-4-5-9-21(18)31/h4-5,7,9-11,15H,3,6,8,12-14,16H2,1-2H3,(H,27,32). The van der Waals surface area contributed by atoms with E-state index >= 15 is 0 Å². The highest BCUT2D eigenvalue weighted by molar-refractivity contribution is 7.99. The summed E-state index contributed by atoms with van der Waals surface area (Å²) in [5, 5.41) is 12.8. The summed E-state index contributed by atoms with van der Waals surface area (Å²) in [7, 11) is 0. The molecule has 0 atom stereocenters. The number of rotatable bonds is 8. The number of carbonyl (C=O) groups is 2. The van der Waals surface area contributed by atoms with Crippen molar-refractivity contribution < 1.29 is 9.59 Å². The molecule has 34 heavy (non-hydrogen) atoms. The Labute approximate surface area is 208 Å². The summed E-state index contributed by atoms with van der Waals surface area (Å²) in [6.45, 7) is 5.33. The molecule has 0 unspecified atom stereocenters. The Morgan fingerprint density at radius 3 is 2.79 bits per heavy atom. The zero-order chi connectivity index (χ0) is 24.1. The van der Waals surface area contributed by atoms with E-state index in [1.807, 2.05) is 53.6 Å². The maximum Gasteiger partial charge on any atom is 0.237 e. The number of halogens is 1. The Balaban J connectivity index is 1.34. The smallest absolute Gasteiger partial charge is 0.237 e. The van der Waals surface area contributed by atoms with E-state index in [9.17, 15) is 9.59 Å². The Hall–Kier alpha value is -2.84. The lowest BCUT2D eigenvalue weighted by Crippen LogP contribution is -2.36. The second-order valence-corrected chi connectivity index (χ2v) is 9.57. The van der Waals surface area contributed by atoms with Crippen molar-refractivity contribution in [1.82, 2.24) is 14.8 Å². The number of carbonyl (C=O) groups excluding carboxylic acids is 2. The fourth-order valence-corrected chi connectivity index (χ4v) is 5.12. The Bertz CT molecular complexity index is 1200. The number of amides is 2. The molecule has 178 valence electrons. The third-order valence-corrected chi connectivity index (χ3v) is 7.24. The van der Waals surface area contributed by atoms with Gasteiger partial charge in [-0.1, -0.05) is 47.6 Å². The largest absolute Gasteiger partial charge is 0.326 e. The summed E-state index contributed by atoms with van der Waals surface area (Å²) in [4.78, 5) is 27.2. The second-order valence-electron chi connectivity index (χ2n) is 8.22. The summed E-state index contributed by atoms with van der Waals surface area (Å²) >= 11 is 7.53. The van der Waals surface area contributed by atoms with Gasteiger partial charge in [0.25, 0.3) is 0 Å². The number of thioether (sulfide) groups is 1. The number of anilines is 2. The molecule has 9 heteroatoms. The first-order valence-electron chi connectivity index (χ1n) is 11.5. The molecule has 2 aromatic carbocycles. The van der Waals surface area contributed by atoms with Crippen LogP contribution in [-0.2, 0) is 29.0 Å². The van der Waals surface area contributed by atoms with Gasteiger partial charge in [0.1, 0.15) is 5.82 Å². The number of fused-ring (bicyclic) bond motifs is 1. The molecular weight excluding hydrogens is 470 g/mol. The van der Waals surface area contributed by atoms with Gasteiger partial charge in [0.15, 0.2) is 5.16 Å². The monoisotopic (exact) mass is 497 g/mol. The number of nitrogens with zero attached hydrogens (tertiary/aromatic N) is 4. The van der Waals surface area contributed by atoms with Gasteiger partial charge >= 0.3 is 0 Å². The molecule has 1 aliphatic rings. The van der Waals surface area contributed by atoms with Crippen molar-refractivity contribution in [3.05, 3.63) is 64.4 Å². The maximum atomic E-state index is 13.0. The number of para-hydroxylation sites is 1. The molecular formula is C25H28ClN5O2S. The van der Waals surface area contributed by atoms with Crippen molar-refractivity contribution in [2.75, 3.05) is 22.5 Å². The molecule has 0 aliphatic carbocycles. The zero-order valence-electron chi connectivity index (χ0n) is 19.4. The molecule has 7 nitrogen and oxygen atoms in total. The van der Waals surface area contributed by atoms with E-state index < -0.39 is 0 Å². The van der Waals surface area contributed by atoms with E-state index in [1.165, 1.54) is 17.3 Å². The van der Waals surface area contributed by atoms with Crippen molar-refractivity contribution in [2.24, 2.45) is 0 Å². The van der Waals surface area contributed by atoms with Crippen LogP contribution in [-0.4, -0.2) is 38.9 Å². The van der Waals surface area contributed by atoms with Crippen molar-refractivity contribution in [3.63, 3.8) is 0 Å². The molecule has 0 bridgehead atoms. The Morgan fingerprint density at radius 1 is 1.18 bits per heavy atom. The van der Waals surface area contributed by atoms with Gasteiger partial charge in [-0.25, -0.2) is 0 Å². The quantitative estimate of drug-likeness (QED) is 0.447. The number of aromatic nitrogens is 3. The summed E-state index contributed by atoms with van der Waals surface area (Å²) < 4.78 is 1.97.